The highest BCUT2D eigenvalue weighted by Crippen LogP contribution is 2.45. The Morgan fingerprint density at radius 1 is 1.17 bits per heavy atom. The van der Waals surface area contributed by atoms with Crippen molar-refractivity contribution in [3.8, 4) is 17.1 Å². The summed E-state index contributed by atoms with van der Waals surface area (Å²) in [5.41, 5.74) is 4.45. The first-order valence-corrected chi connectivity index (χ1v) is 9.83. The number of carbonyl (C=O) groups excluding carboxylic acids is 1. The number of hydrogen-bond acceptors (Lipinski definition) is 6. The van der Waals surface area contributed by atoms with Gasteiger partial charge >= 0.3 is 0 Å². The Bertz CT molecular complexity index is 1260. The number of nitrogens with zero attached hydrogens (tertiary/aromatic N) is 3. The maximum Gasteiger partial charge on any atom is 0.204 e. The molecule has 3 N–H and O–H groups in total. The lowest BCUT2D eigenvalue weighted by atomic mass is 9.71. The summed E-state index contributed by atoms with van der Waals surface area (Å²) in [4.78, 5) is 16.9. The zero-order valence-electron chi connectivity index (χ0n) is 16.7. The van der Waals surface area contributed by atoms with Gasteiger partial charge in [-0.15, -0.1) is 10.2 Å². The number of aliphatic hydroxyl groups excluding tert-OH is 1. The van der Waals surface area contributed by atoms with Gasteiger partial charge in [0.15, 0.2) is 5.78 Å². The quantitative estimate of drug-likeness (QED) is 0.441. The lowest BCUT2D eigenvalue weighted by Crippen LogP contribution is -2.30. The highest BCUT2D eigenvalue weighted by Gasteiger charge is 2.39. The molecule has 152 valence electrons. The van der Waals surface area contributed by atoms with Crippen LogP contribution in [0.4, 0.5) is 0 Å². The molecular formula is C22H21N5O3. The van der Waals surface area contributed by atoms with E-state index in [1.807, 2.05) is 36.4 Å². The predicted octanol–water partition coefficient (Wildman–Crippen LogP) is 2.98. The van der Waals surface area contributed by atoms with Crippen LogP contribution in [0.2, 0.25) is 0 Å². The number of hydrogen-bond donors (Lipinski definition) is 3. The van der Waals surface area contributed by atoms with Crippen molar-refractivity contribution in [1.29, 1.82) is 0 Å². The third-order valence-corrected chi connectivity index (χ3v) is 5.73. The van der Waals surface area contributed by atoms with E-state index in [1.54, 1.807) is 0 Å². The van der Waals surface area contributed by atoms with E-state index in [9.17, 15) is 4.79 Å². The molecule has 0 spiro atoms. The topological polar surface area (TPSA) is 117 Å². The second-order valence-electron chi connectivity index (χ2n) is 7.96. The van der Waals surface area contributed by atoms with Gasteiger partial charge < -0.3 is 14.8 Å². The molecule has 30 heavy (non-hydrogen) atoms. The minimum Gasteiger partial charge on any atom is -0.493 e. The summed E-state index contributed by atoms with van der Waals surface area (Å²) in [5.74, 6) is 1.20. The summed E-state index contributed by atoms with van der Waals surface area (Å²) in [6, 6.07) is 11.4. The molecule has 0 unspecified atom stereocenters. The first-order chi connectivity index (χ1) is 14.5. The van der Waals surface area contributed by atoms with Crippen LogP contribution in [-0.4, -0.2) is 49.7 Å². The van der Waals surface area contributed by atoms with E-state index in [2.05, 4.69) is 39.5 Å². The lowest BCUT2D eigenvalue weighted by Gasteiger charge is -2.32. The molecule has 0 amide bonds. The second kappa shape index (κ2) is 6.77. The molecule has 0 saturated heterocycles. The number of rotatable bonds is 5. The molecule has 2 aromatic carbocycles. The average molecular weight is 403 g/mol. The van der Waals surface area contributed by atoms with Crippen molar-refractivity contribution in [2.45, 2.75) is 25.7 Å². The molecule has 0 radical (unpaired) electrons. The van der Waals surface area contributed by atoms with Crippen molar-refractivity contribution < 1.29 is 14.6 Å². The Balaban J connectivity index is 1.62. The number of aliphatic hydroxyl groups is 1. The fourth-order valence-corrected chi connectivity index (χ4v) is 4.18. The monoisotopic (exact) mass is 403 g/mol. The van der Waals surface area contributed by atoms with Gasteiger partial charge in [-0.3, -0.25) is 4.79 Å². The average Bonchev–Trinajstić information content (AvgIpc) is 3.40. The predicted molar refractivity (Wildman–Crippen MR) is 111 cm³/mol. The van der Waals surface area contributed by atoms with Crippen LogP contribution in [-0.2, 0) is 5.41 Å². The van der Waals surface area contributed by atoms with E-state index < -0.39 is 5.41 Å². The van der Waals surface area contributed by atoms with Crippen molar-refractivity contribution in [3.63, 3.8) is 0 Å². The van der Waals surface area contributed by atoms with Crippen LogP contribution in [0.15, 0.2) is 36.4 Å². The SMILES string of the molecule is CC1(C)c2cc(OCCCO)ccc2C(=O)c2c1[nH]c1cc(-c3nn[nH]n3)ccc21. The van der Waals surface area contributed by atoms with Crippen LogP contribution in [0.3, 0.4) is 0 Å². The van der Waals surface area contributed by atoms with Crippen LogP contribution >= 0.6 is 0 Å². The molecule has 2 heterocycles. The second-order valence-corrected chi connectivity index (χ2v) is 7.96. The minimum absolute atomic E-state index is 0.000190. The van der Waals surface area contributed by atoms with Crippen LogP contribution in [0.25, 0.3) is 22.3 Å². The smallest absolute Gasteiger partial charge is 0.204 e. The number of ketones is 1. The number of H-pyrrole nitrogens is 2. The molecule has 0 aliphatic heterocycles. The van der Waals surface area contributed by atoms with Gasteiger partial charge in [0.2, 0.25) is 5.82 Å². The standard InChI is InChI=1S/C22H21N5O3/c1-22(2)16-11-13(30-9-3-8-28)5-7-14(16)19(29)18-15-6-4-12(21-24-26-27-25-21)10-17(15)23-20(18)22/h4-7,10-11,23,28H,3,8-9H2,1-2H3,(H,24,25,26,27). The lowest BCUT2D eigenvalue weighted by molar-refractivity contribution is 0.103. The zero-order chi connectivity index (χ0) is 20.9. The van der Waals surface area contributed by atoms with Gasteiger partial charge in [-0.25, -0.2) is 0 Å². The van der Waals surface area contributed by atoms with Crippen molar-refractivity contribution >= 4 is 16.7 Å². The summed E-state index contributed by atoms with van der Waals surface area (Å²) < 4.78 is 5.74. The maximum absolute atomic E-state index is 13.4. The summed E-state index contributed by atoms with van der Waals surface area (Å²) in [7, 11) is 0. The van der Waals surface area contributed by atoms with Gasteiger partial charge in [-0.2, -0.15) is 5.21 Å². The zero-order valence-corrected chi connectivity index (χ0v) is 16.7. The fraction of sp³-hybridized carbons (Fsp3) is 0.273. The molecular weight excluding hydrogens is 382 g/mol. The number of fused-ring (bicyclic) bond motifs is 4. The Labute approximate surface area is 172 Å². The molecule has 1 aliphatic carbocycles. The summed E-state index contributed by atoms with van der Waals surface area (Å²) >= 11 is 0. The van der Waals surface area contributed by atoms with Crippen molar-refractivity contribution in [1.82, 2.24) is 25.6 Å². The molecule has 5 rings (SSSR count). The highest BCUT2D eigenvalue weighted by molar-refractivity contribution is 6.20. The van der Waals surface area contributed by atoms with Crippen LogP contribution in [0.1, 0.15) is 47.4 Å². The van der Waals surface area contributed by atoms with Gasteiger partial charge in [0.1, 0.15) is 5.75 Å². The normalized spacial score (nSPS) is 14.6. The van der Waals surface area contributed by atoms with E-state index in [-0.39, 0.29) is 12.4 Å². The number of nitrogens with one attached hydrogen (secondary N) is 2. The largest absolute Gasteiger partial charge is 0.493 e. The minimum atomic E-state index is -0.416. The first kappa shape index (κ1) is 18.5. The van der Waals surface area contributed by atoms with Gasteiger partial charge in [-0.05, 0) is 35.0 Å². The number of benzene rings is 2. The van der Waals surface area contributed by atoms with E-state index in [0.29, 0.717) is 35.7 Å². The molecule has 8 heteroatoms. The van der Waals surface area contributed by atoms with Crippen LogP contribution in [0, 0.1) is 0 Å². The molecule has 8 nitrogen and oxygen atoms in total. The van der Waals surface area contributed by atoms with Crippen LogP contribution < -0.4 is 4.74 Å². The van der Waals surface area contributed by atoms with E-state index in [4.69, 9.17) is 9.84 Å². The highest BCUT2D eigenvalue weighted by atomic mass is 16.5. The van der Waals surface area contributed by atoms with Crippen molar-refractivity contribution in [3.05, 3.63) is 58.8 Å². The van der Waals surface area contributed by atoms with E-state index >= 15 is 0 Å². The first-order valence-electron chi connectivity index (χ1n) is 9.83. The number of aromatic nitrogens is 5. The Morgan fingerprint density at radius 3 is 2.80 bits per heavy atom. The molecule has 0 atom stereocenters. The van der Waals surface area contributed by atoms with Gasteiger partial charge in [-0.1, -0.05) is 26.0 Å². The molecule has 0 saturated carbocycles. The molecule has 4 aromatic rings. The Kier molecular flexibility index (Phi) is 4.18. The number of ether oxygens (including phenoxy) is 1. The maximum atomic E-state index is 13.4. The third kappa shape index (κ3) is 2.72. The number of tetrazole rings is 1. The number of aromatic amines is 2. The van der Waals surface area contributed by atoms with Crippen LogP contribution in [0.5, 0.6) is 5.75 Å². The molecule has 1 aliphatic rings. The summed E-state index contributed by atoms with van der Waals surface area (Å²) in [6.45, 7) is 4.72. The molecule has 0 fully saturated rings. The molecule has 2 aromatic heterocycles. The van der Waals surface area contributed by atoms with Gasteiger partial charge in [0, 0.05) is 46.2 Å². The van der Waals surface area contributed by atoms with Crippen molar-refractivity contribution in [2.24, 2.45) is 0 Å². The molecule has 0 bridgehead atoms. The Morgan fingerprint density at radius 2 is 2.03 bits per heavy atom. The van der Waals surface area contributed by atoms with Gasteiger partial charge in [0.25, 0.3) is 0 Å². The van der Waals surface area contributed by atoms with E-state index in [1.165, 1.54) is 0 Å². The fourth-order valence-electron chi connectivity index (χ4n) is 4.18. The van der Waals surface area contributed by atoms with Crippen molar-refractivity contribution in [2.75, 3.05) is 13.2 Å². The summed E-state index contributed by atoms with van der Waals surface area (Å²) in [5, 5.41) is 24.0. The summed E-state index contributed by atoms with van der Waals surface area (Å²) in [6.07, 6.45) is 0.564. The Hall–Kier alpha value is -3.52. The third-order valence-electron chi connectivity index (χ3n) is 5.73. The van der Waals surface area contributed by atoms with Gasteiger partial charge in [0.05, 0.1) is 12.2 Å². The van der Waals surface area contributed by atoms with E-state index in [0.717, 1.165) is 27.7 Å². The number of carbonyl (C=O) groups is 1.